The maximum absolute atomic E-state index is 12.0. The SMILES string of the molecule is O=C(O)C1CCC(CNCC(O)C(F)(F)F)CC1. The fourth-order valence-corrected chi connectivity index (χ4v) is 2.15. The molecule has 0 spiro atoms. The second-order valence-corrected chi connectivity index (χ2v) is 4.77. The topological polar surface area (TPSA) is 69.6 Å². The lowest BCUT2D eigenvalue weighted by Gasteiger charge is -2.26. The molecule has 0 bridgehead atoms. The molecule has 4 nitrogen and oxygen atoms in total. The molecular formula is C11H18F3NO3. The zero-order valence-electron chi connectivity index (χ0n) is 9.91. The summed E-state index contributed by atoms with van der Waals surface area (Å²) in [5.74, 6) is -0.919. The Kier molecular flexibility index (Phi) is 5.40. The Morgan fingerprint density at radius 2 is 1.83 bits per heavy atom. The second-order valence-electron chi connectivity index (χ2n) is 4.77. The van der Waals surface area contributed by atoms with Crippen LogP contribution in [0.25, 0.3) is 0 Å². The predicted octanol–water partition coefficient (Wildman–Crippen LogP) is 1.39. The number of alkyl halides is 3. The number of carboxylic acids is 1. The fourth-order valence-electron chi connectivity index (χ4n) is 2.15. The highest BCUT2D eigenvalue weighted by molar-refractivity contribution is 5.69. The van der Waals surface area contributed by atoms with Gasteiger partial charge in [-0.05, 0) is 38.1 Å². The molecule has 0 aromatic rings. The smallest absolute Gasteiger partial charge is 0.415 e. The van der Waals surface area contributed by atoms with Crippen molar-refractivity contribution in [2.75, 3.05) is 13.1 Å². The van der Waals surface area contributed by atoms with Crippen LogP contribution in [-0.4, -0.2) is 41.6 Å². The van der Waals surface area contributed by atoms with E-state index in [-0.39, 0.29) is 11.8 Å². The Bertz CT molecular complexity index is 275. The van der Waals surface area contributed by atoms with Gasteiger partial charge in [-0.15, -0.1) is 0 Å². The maximum atomic E-state index is 12.0. The van der Waals surface area contributed by atoms with Crippen molar-refractivity contribution in [3.63, 3.8) is 0 Å². The first-order valence-electron chi connectivity index (χ1n) is 5.99. The number of carboxylic acid groups (broad SMARTS) is 1. The average molecular weight is 269 g/mol. The minimum Gasteiger partial charge on any atom is -0.481 e. The Hall–Kier alpha value is -0.820. The lowest BCUT2D eigenvalue weighted by molar-refractivity contribution is -0.201. The molecule has 1 aliphatic rings. The van der Waals surface area contributed by atoms with Crippen molar-refractivity contribution in [3.8, 4) is 0 Å². The van der Waals surface area contributed by atoms with Crippen molar-refractivity contribution in [1.82, 2.24) is 5.32 Å². The van der Waals surface area contributed by atoms with E-state index in [4.69, 9.17) is 10.2 Å². The van der Waals surface area contributed by atoms with Crippen molar-refractivity contribution in [2.24, 2.45) is 11.8 Å². The van der Waals surface area contributed by atoms with Gasteiger partial charge >= 0.3 is 12.1 Å². The summed E-state index contributed by atoms with van der Waals surface area (Å²) in [5, 5.41) is 20.1. The summed E-state index contributed by atoms with van der Waals surface area (Å²) < 4.78 is 36.0. The Morgan fingerprint density at radius 3 is 2.28 bits per heavy atom. The average Bonchev–Trinajstić information content (AvgIpc) is 2.28. The second kappa shape index (κ2) is 6.38. The largest absolute Gasteiger partial charge is 0.481 e. The molecule has 7 heteroatoms. The molecule has 0 aromatic heterocycles. The third kappa shape index (κ3) is 4.81. The fraction of sp³-hybridized carbons (Fsp3) is 0.909. The standard InChI is InChI=1S/C11H18F3NO3/c12-11(13,14)9(16)6-15-5-7-1-3-8(4-2-7)10(17)18/h7-9,15-16H,1-6H2,(H,17,18). The van der Waals surface area contributed by atoms with Crippen LogP contribution < -0.4 is 5.32 Å². The highest BCUT2D eigenvalue weighted by Crippen LogP contribution is 2.28. The van der Waals surface area contributed by atoms with Crippen LogP contribution in [0.15, 0.2) is 0 Å². The van der Waals surface area contributed by atoms with Gasteiger partial charge in [-0.25, -0.2) is 0 Å². The Morgan fingerprint density at radius 1 is 1.28 bits per heavy atom. The third-order valence-electron chi connectivity index (χ3n) is 3.34. The molecule has 1 atom stereocenters. The van der Waals surface area contributed by atoms with E-state index in [2.05, 4.69) is 5.32 Å². The normalized spacial score (nSPS) is 26.9. The summed E-state index contributed by atoms with van der Waals surface area (Å²) in [4.78, 5) is 10.7. The molecule has 0 aliphatic heterocycles. The maximum Gasteiger partial charge on any atom is 0.415 e. The van der Waals surface area contributed by atoms with E-state index in [9.17, 15) is 18.0 Å². The van der Waals surface area contributed by atoms with E-state index in [0.29, 0.717) is 32.2 Å². The molecule has 0 aromatic carbocycles. The first-order valence-corrected chi connectivity index (χ1v) is 5.99. The quantitative estimate of drug-likeness (QED) is 0.705. The van der Waals surface area contributed by atoms with Crippen molar-refractivity contribution in [2.45, 2.75) is 38.0 Å². The lowest BCUT2D eigenvalue weighted by Crippen LogP contribution is -2.40. The van der Waals surface area contributed by atoms with Gasteiger partial charge in [-0.2, -0.15) is 13.2 Å². The number of carbonyl (C=O) groups is 1. The van der Waals surface area contributed by atoms with Gasteiger partial charge in [0.2, 0.25) is 0 Å². The van der Waals surface area contributed by atoms with Gasteiger partial charge < -0.3 is 15.5 Å². The lowest BCUT2D eigenvalue weighted by atomic mass is 9.82. The molecule has 1 unspecified atom stereocenters. The van der Waals surface area contributed by atoms with E-state index in [1.807, 2.05) is 0 Å². The molecule has 0 radical (unpaired) electrons. The zero-order valence-corrected chi connectivity index (χ0v) is 9.91. The summed E-state index contributed by atoms with van der Waals surface area (Å²) in [6, 6.07) is 0. The zero-order chi connectivity index (χ0) is 13.8. The molecule has 106 valence electrons. The van der Waals surface area contributed by atoms with Crippen LogP contribution in [0, 0.1) is 11.8 Å². The number of hydrogen-bond donors (Lipinski definition) is 3. The number of aliphatic carboxylic acids is 1. The molecule has 1 fully saturated rings. The number of rotatable bonds is 5. The van der Waals surface area contributed by atoms with Crippen LogP contribution in [-0.2, 0) is 4.79 Å². The third-order valence-corrected chi connectivity index (χ3v) is 3.34. The van der Waals surface area contributed by atoms with Crippen LogP contribution in [0.4, 0.5) is 13.2 Å². The van der Waals surface area contributed by atoms with Gasteiger partial charge in [0.1, 0.15) is 0 Å². The van der Waals surface area contributed by atoms with Gasteiger partial charge in [0, 0.05) is 6.54 Å². The van der Waals surface area contributed by atoms with Crippen LogP contribution in [0.3, 0.4) is 0 Å². The van der Waals surface area contributed by atoms with E-state index in [1.165, 1.54) is 0 Å². The number of aliphatic hydroxyl groups excluding tert-OH is 1. The molecule has 3 N–H and O–H groups in total. The minimum atomic E-state index is -4.59. The summed E-state index contributed by atoms with van der Waals surface area (Å²) in [7, 11) is 0. The van der Waals surface area contributed by atoms with Crippen molar-refractivity contribution in [1.29, 1.82) is 0 Å². The number of nitrogens with one attached hydrogen (secondary N) is 1. The minimum absolute atomic E-state index is 0.195. The van der Waals surface area contributed by atoms with Crippen molar-refractivity contribution in [3.05, 3.63) is 0 Å². The van der Waals surface area contributed by atoms with Crippen LogP contribution in [0.1, 0.15) is 25.7 Å². The summed E-state index contributed by atoms with van der Waals surface area (Å²) in [6.07, 6.45) is -4.38. The van der Waals surface area contributed by atoms with E-state index in [1.54, 1.807) is 0 Å². The summed E-state index contributed by atoms with van der Waals surface area (Å²) in [5.41, 5.74) is 0. The van der Waals surface area contributed by atoms with Gasteiger partial charge in [0.15, 0.2) is 6.10 Å². The highest BCUT2D eigenvalue weighted by Gasteiger charge is 2.37. The molecule has 0 saturated heterocycles. The Balaban J connectivity index is 2.17. The van der Waals surface area contributed by atoms with Crippen LogP contribution >= 0.6 is 0 Å². The van der Waals surface area contributed by atoms with Crippen LogP contribution in [0.2, 0.25) is 0 Å². The monoisotopic (exact) mass is 269 g/mol. The van der Waals surface area contributed by atoms with Gasteiger partial charge in [-0.1, -0.05) is 0 Å². The number of aliphatic hydroxyl groups is 1. The van der Waals surface area contributed by atoms with Crippen molar-refractivity contribution < 1.29 is 28.2 Å². The number of halogens is 3. The summed E-state index contributed by atoms with van der Waals surface area (Å²) in [6.45, 7) is -0.123. The summed E-state index contributed by atoms with van der Waals surface area (Å²) >= 11 is 0. The first kappa shape index (κ1) is 15.2. The van der Waals surface area contributed by atoms with E-state index in [0.717, 1.165) is 0 Å². The van der Waals surface area contributed by atoms with E-state index < -0.39 is 24.8 Å². The molecule has 0 heterocycles. The Labute approximate surface area is 103 Å². The predicted molar refractivity (Wildman–Crippen MR) is 58.0 cm³/mol. The van der Waals surface area contributed by atoms with Gasteiger partial charge in [0.05, 0.1) is 5.92 Å². The van der Waals surface area contributed by atoms with Crippen LogP contribution in [0.5, 0.6) is 0 Å². The molecule has 1 saturated carbocycles. The highest BCUT2D eigenvalue weighted by atomic mass is 19.4. The van der Waals surface area contributed by atoms with Gasteiger partial charge in [-0.3, -0.25) is 4.79 Å². The van der Waals surface area contributed by atoms with E-state index >= 15 is 0 Å². The van der Waals surface area contributed by atoms with Gasteiger partial charge in [0.25, 0.3) is 0 Å². The molecule has 1 rings (SSSR count). The molecule has 0 amide bonds. The molecular weight excluding hydrogens is 251 g/mol. The van der Waals surface area contributed by atoms with Crippen molar-refractivity contribution >= 4 is 5.97 Å². The number of hydrogen-bond acceptors (Lipinski definition) is 3. The molecule has 1 aliphatic carbocycles. The first-order chi connectivity index (χ1) is 8.30. The molecule has 18 heavy (non-hydrogen) atoms.